The van der Waals surface area contributed by atoms with Gasteiger partial charge >= 0.3 is 0 Å². The fraction of sp³-hybridized carbons (Fsp3) is 0.375. The average molecular weight is 315 g/mol. The van der Waals surface area contributed by atoms with Crippen molar-refractivity contribution in [3.8, 4) is 11.3 Å². The lowest BCUT2D eigenvalue weighted by Crippen LogP contribution is -2.39. The van der Waals surface area contributed by atoms with E-state index in [9.17, 15) is 4.79 Å². The molecule has 1 atom stereocenters. The van der Waals surface area contributed by atoms with Crippen LogP contribution < -0.4 is 11.2 Å². The van der Waals surface area contributed by atoms with Crippen molar-refractivity contribution in [1.29, 1.82) is 0 Å². The van der Waals surface area contributed by atoms with Gasteiger partial charge in [0.05, 0.1) is 31.2 Å². The molecule has 0 bridgehead atoms. The number of rotatable bonds is 5. The zero-order valence-electron chi connectivity index (χ0n) is 12.9. The number of benzene rings is 1. The number of aliphatic hydroxyl groups is 1. The summed E-state index contributed by atoms with van der Waals surface area (Å²) in [7, 11) is 0. The number of carbonyl (C=O) groups excluding carboxylic acids is 1. The van der Waals surface area contributed by atoms with E-state index in [1.54, 1.807) is 11.1 Å². The summed E-state index contributed by atoms with van der Waals surface area (Å²) < 4.78 is 1.51. The number of hydrogen-bond donors (Lipinski definition) is 3. The minimum Gasteiger partial charge on any atom is -0.381 e. The van der Waals surface area contributed by atoms with Crippen LogP contribution >= 0.6 is 0 Å². The number of nitrogen functional groups attached to an aromatic ring is 1. The molecular weight excluding hydrogens is 294 g/mol. The summed E-state index contributed by atoms with van der Waals surface area (Å²) >= 11 is 0. The topological polar surface area (TPSA) is 96.4 Å². The Kier molecular flexibility index (Phi) is 4.59. The molecule has 1 aliphatic rings. The Hall–Kier alpha value is -2.38. The number of hydrogen-bond acceptors (Lipinski definition) is 5. The third-order valence-electron chi connectivity index (χ3n) is 4.09. The van der Waals surface area contributed by atoms with Gasteiger partial charge in [0, 0.05) is 12.1 Å². The molecular formula is C16H21N5O2. The first-order chi connectivity index (χ1) is 11.2. The van der Waals surface area contributed by atoms with Gasteiger partial charge < -0.3 is 15.8 Å². The molecule has 1 saturated heterocycles. The molecule has 1 aliphatic heterocycles. The summed E-state index contributed by atoms with van der Waals surface area (Å²) in [4.78, 5) is 18.7. The second-order valence-electron chi connectivity index (χ2n) is 5.59. The molecule has 0 aliphatic carbocycles. The van der Waals surface area contributed by atoms with Crippen LogP contribution in [-0.4, -0.2) is 45.4 Å². The fourth-order valence-electron chi connectivity index (χ4n) is 3.00. The third kappa shape index (κ3) is 3.20. The summed E-state index contributed by atoms with van der Waals surface area (Å²) in [6, 6.07) is 9.71. The first-order valence-electron chi connectivity index (χ1n) is 7.71. The van der Waals surface area contributed by atoms with E-state index in [-0.39, 0.29) is 25.2 Å². The highest BCUT2D eigenvalue weighted by Crippen LogP contribution is 2.32. The van der Waals surface area contributed by atoms with Crippen molar-refractivity contribution in [1.82, 2.24) is 19.9 Å². The lowest BCUT2D eigenvalue weighted by molar-refractivity contribution is -0.131. The van der Waals surface area contributed by atoms with Gasteiger partial charge in [0.25, 0.3) is 0 Å². The first-order valence-corrected chi connectivity index (χ1v) is 7.71. The van der Waals surface area contributed by atoms with Crippen LogP contribution in [0.2, 0.25) is 0 Å². The molecule has 1 aromatic carbocycles. The largest absolute Gasteiger partial charge is 0.381 e. The lowest BCUT2D eigenvalue weighted by atomic mass is 10.2. The maximum Gasteiger partial charge on any atom is 0.237 e. The van der Waals surface area contributed by atoms with Gasteiger partial charge in [0.2, 0.25) is 5.91 Å². The molecule has 3 rings (SSSR count). The van der Waals surface area contributed by atoms with Crippen molar-refractivity contribution in [2.24, 2.45) is 0 Å². The Balaban J connectivity index is 1.83. The van der Waals surface area contributed by atoms with E-state index in [1.165, 1.54) is 4.68 Å². The van der Waals surface area contributed by atoms with E-state index in [0.717, 1.165) is 24.1 Å². The van der Waals surface area contributed by atoms with Gasteiger partial charge in [0.15, 0.2) is 0 Å². The molecule has 4 N–H and O–H groups in total. The molecule has 1 amide bonds. The van der Waals surface area contributed by atoms with Gasteiger partial charge in [-0.05, 0) is 12.8 Å². The number of amides is 1. The molecule has 7 nitrogen and oxygen atoms in total. The second-order valence-corrected chi connectivity index (χ2v) is 5.59. The Bertz CT molecular complexity index is 670. The van der Waals surface area contributed by atoms with Crippen molar-refractivity contribution < 1.29 is 9.90 Å². The van der Waals surface area contributed by atoms with Crippen LogP contribution in [0, 0.1) is 0 Å². The molecule has 0 unspecified atom stereocenters. The minimum atomic E-state index is -0.214. The monoisotopic (exact) mass is 315 g/mol. The SMILES string of the molecule is Nn1cc(-c2ccccc2)nc1[C@@H]1CCCN1C(=O)CNCO. The van der Waals surface area contributed by atoms with Crippen LogP contribution in [0.25, 0.3) is 11.3 Å². The third-order valence-corrected chi connectivity index (χ3v) is 4.09. The normalized spacial score (nSPS) is 17.6. The maximum absolute atomic E-state index is 12.3. The molecule has 0 radical (unpaired) electrons. The van der Waals surface area contributed by atoms with Crippen molar-refractivity contribution in [2.45, 2.75) is 18.9 Å². The van der Waals surface area contributed by atoms with E-state index in [1.807, 2.05) is 30.3 Å². The quantitative estimate of drug-likeness (QED) is 0.550. The number of imidazole rings is 1. The predicted octanol–water partition coefficient (Wildman–Crippen LogP) is 0.467. The van der Waals surface area contributed by atoms with Crippen LogP contribution in [0.5, 0.6) is 0 Å². The zero-order chi connectivity index (χ0) is 16.2. The van der Waals surface area contributed by atoms with E-state index >= 15 is 0 Å². The number of nitrogens with zero attached hydrogens (tertiary/aromatic N) is 3. The van der Waals surface area contributed by atoms with Gasteiger partial charge in [-0.2, -0.15) is 0 Å². The standard InChI is InChI=1S/C16H21N5O2/c17-21-10-13(12-5-2-1-3-6-12)19-16(21)14-7-4-8-20(14)15(23)9-18-11-22/h1-3,5-6,10,14,18,22H,4,7-9,11,17H2/t14-/m0/s1. The molecule has 1 fully saturated rings. The molecule has 1 aromatic heterocycles. The number of aliphatic hydroxyl groups excluding tert-OH is 1. The van der Waals surface area contributed by atoms with Gasteiger partial charge in [-0.15, -0.1) is 0 Å². The van der Waals surface area contributed by atoms with Gasteiger partial charge in [-0.25, -0.2) is 4.98 Å². The summed E-state index contributed by atoms with van der Waals surface area (Å²) in [5.74, 6) is 6.72. The summed E-state index contributed by atoms with van der Waals surface area (Å²) in [6.07, 6.45) is 3.55. The maximum atomic E-state index is 12.3. The van der Waals surface area contributed by atoms with E-state index in [0.29, 0.717) is 12.4 Å². The van der Waals surface area contributed by atoms with E-state index in [2.05, 4.69) is 10.3 Å². The molecule has 7 heteroatoms. The van der Waals surface area contributed by atoms with Crippen LogP contribution in [0.3, 0.4) is 0 Å². The lowest BCUT2D eigenvalue weighted by Gasteiger charge is -2.24. The Morgan fingerprint density at radius 3 is 2.91 bits per heavy atom. The Labute approximate surface area is 134 Å². The number of carbonyl (C=O) groups is 1. The highest BCUT2D eigenvalue weighted by atomic mass is 16.3. The summed E-state index contributed by atoms with van der Waals surface area (Å²) in [5.41, 5.74) is 1.80. The second kappa shape index (κ2) is 6.80. The Morgan fingerprint density at radius 2 is 2.17 bits per heavy atom. The number of likely N-dealkylation sites (tertiary alicyclic amines) is 1. The van der Waals surface area contributed by atoms with Crippen LogP contribution in [0.4, 0.5) is 0 Å². The van der Waals surface area contributed by atoms with Crippen LogP contribution in [0.1, 0.15) is 24.7 Å². The summed E-state index contributed by atoms with van der Waals surface area (Å²) in [5, 5.41) is 11.4. The van der Waals surface area contributed by atoms with Crippen molar-refractivity contribution in [3.63, 3.8) is 0 Å². The predicted molar refractivity (Wildman–Crippen MR) is 86.6 cm³/mol. The van der Waals surface area contributed by atoms with E-state index < -0.39 is 0 Å². The van der Waals surface area contributed by atoms with E-state index in [4.69, 9.17) is 10.9 Å². The smallest absolute Gasteiger partial charge is 0.237 e. The molecule has 0 saturated carbocycles. The number of nitrogens with one attached hydrogen (secondary N) is 1. The molecule has 0 spiro atoms. The van der Waals surface area contributed by atoms with Crippen molar-refractivity contribution in [3.05, 3.63) is 42.4 Å². The average Bonchev–Trinajstić information content (AvgIpc) is 3.19. The Morgan fingerprint density at radius 1 is 1.39 bits per heavy atom. The van der Waals surface area contributed by atoms with Gasteiger partial charge in [-0.1, -0.05) is 30.3 Å². The molecule has 2 aromatic rings. The van der Waals surface area contributed by atoms with Gasteiger partial charge in [0.1, 0.15) is 5.82 Å². The van der Waals surface area contributed by atoms with Crippen molar-refractivity contribution >= 4 is 5.91 Å². The highest BCUT2D eigenvalue weighted by molar-refractivity contribution is 5.79. The van der Waals surface area contributed by atoms with Gasteiger partial charge in [-0.3, -0.25) is 14.8 Å². The summed E-state index contributed by atoms with van der Waals surface area (Å²) in [6.45, 7) is 0.585. The zero-order valence-corrected chi connectivity index (χ0v) is 12.9. The highest BCUT2D eigenvalue weighted by Gasteiger charge is 2.32. The van der Waals surface area contributed by atoms with Crippen molar-refractivity contribution in [2.75, 3.05) is 25.7 Å². The minimum absolute atomic E-state index is 0.0502. The van der Waals surface area contributed by atoms with Crippen LogP contribution in [0.15, 0.2) is 36.5 Å². The molecule has 23 heavy (non-hydrogen) atoms. The number of aromatic nitrogens is 2. The fourth-order valence-corrected chi connectivity index (χ4v) is 3.00. The first kappa shape index (κ1) is 15.5. The number of nitrogens with two attached hydrogens (primary N) is 1. The molecule has 122 valence electrons. The molecule has 2 heterocycles. The van der Waals surface area contributed by atoms with Crippen LogP contribution in [-0.2, 0) is 4.79 Å².